The third kappa shape index (κ3) is 3.20. The number of nitrogens with zero attached hydrogens (tertiary/aromatic N) is 2. The largest absolute Gasteiger partial charge is 0.359 e. The molecule has 4 nitrogen and oxygen atoms in total. The molecule has 1 fully saturated rings. The fourth-order valence-electron chi connectivity index (χ4n) is 3.63. The van der Waals surface area contributed by atoms with Crippen LogP contribution in [0.4, 0.5) is 5.69 Å². The Morgan fingerprint density at radius 3 is 2.76 bits per heavy atom. The average molecular weight is 331 g/mol. The van der Waals surface area contributed by atoms with Crippen LogP contribution in [0.3, 0.4) is 0 Å². The van der Waals surface area contributed by atoms with Gasteiger partial charge in [-0.2, -0.15) is 0 Å². The Balaban J connectivity index is 1.48. The normalized spacial score (nSPS) is 17.0. The SMILES string of the molecule is O=C(NCc1cccc2ccccc12)[C@@H]1CCCN1c1ccncc1. The van der Waals surface area contributed by atoms with Crippen LogP contribution in [-0.4, -0.2) is 23.5 Å². The minimum absolute atomic E-state index is 0.0993. The number of amides is 1. The van der Waals surface area contributed by atoms with Crippen molar-refractivity contribution in [3.05, 3.63) is 72.6 Å². The molecule has 1 aliphatic heterocycles. The van der Waals surface area contributed by atoms with Gasteiger partial charge in [-0.3, -0.25) is 9.78 Å². The number of aromatic nitrogens is 1. The predicted octanol–water partition coefficient (Wildman–Crippen LogP) is 3.52. The number of nitrogens with one attached hydrogen (secondary N) is 1. The van der Waals surface area contributed by atoms with Crippen LogP contribution < -0.4 is 10.2 Å². The van der Waals surface area contributed by atoms with E-state index in [1.807, 2.05) is 30.3 Å². The lowest BCUT2D eigenvalue weighted by Crippen LogP contribution is -2.43. The molecule has 25 heavy (non-hydrogen) atoms. The molecule has 2 heterocycles. The van der Waals surface area contributed by atoms with Crippen LogP contribution >= 0.6 is 0 Å². The van der Waals surface area contributed by atoms with Crippen molar-refractivity contribution in [3.63, 3.8) is 0 Å². The van der Waals surface area contributed by atoms with Gasteiger partial charge >= 0.3 is 0 Å². The first-order chi connectivity index (χ1) is 12.3. The van der Waals surface area contributed by atoms with Crippen LogP contribution in [0.5, 0.6) is 0 Å². The second kappa shape index (κ2) is 6.93. The van der Waals surface area contributed by atoms with Crippen LogP contribution in [0.1, 0.15) is 18.4 Å². The summed E-state index contributed by atoms with van der Waals surface area (Å²) in [6.45, 7) is 1.47. The summed E-state index contributed by atoms with van der Waals surface area (Å²) in [6, 6.07) is 18.3. The summed E-state index contributed by atoms with van der Waals surface area (Å²) in [5.41, 5.74) is 2.22. The summed E-state index contributed by atoms with van der Waals surface area (Å²) in [6.07, 6.45) is 5.48. The summed E-state index contributed by atoms with van der Waals surface area (Å²) in [5.74, 6) is 0.0993. The Bertz CT molecular complexity index is 873. The number of hydrogen-bond acceptors (Lipinski definition) is 3. The molecule has 0 unspecified atom stereocenters. The highest BCUT2D eigenvalue weighted by molar-refractivity contribution is 5.88. The van der Waals surface area contributed by atoms with Gasteiger partial charge in [0.05, 0.1) is 0 Å². The van der Waals surface area contributed by atoms with E-state index in [-0.39, 0.29) is 11.9 Å². The van der Waals surface area contributed by atoms with E-state index < -0.39 is 0 Å². The Labute approximate surface area is 147 Å². The number of carbonyl (C=O) groups is 1. The Morgan fingerprint density at radius 2 is 1.88 bits per heavy atom. The van der Waals surface area contributed by atoms with Crippen LogP contribution in [0, 0.1) is 0 Å². The molecule has 1 saturated heterocycles. The maximum atomic E-state index is 12.8. The molecule has 0 spiro atoms. The fraction of sp³-hybridized carbons (Fsp3) is 0.238. The molecule has 4 rings (SSSR count). The number of fused-ring (bicyclic) bond motifs is 1. The smallest absolute Gasteiger partial charge is 0.242 e. The van der Waals surface area contributed by atoms with Gasteiger partial charge in [0.2, 0.25) is 5.91 Å². The summed E-state index contributed by atoms with van der Waals surface area (Å²) in [4.78, 5) is 19.0. The topological polar surface area (TPSA) is 45.2 Å². The minimum atomic E-state index is -0.0997. The van der Waals surface area contributed by atoms with E-state index in [2.05, 4.69) is 39.5 Å². The minimum Gasteiger partial charge on any atom is -0.359 e. The molecular formula is C21H21N3O. The van der Waals surface area contributed by atoms with Gasteiger partial charge in [-0.15, -0.1) is 0 Å². The molecule has 4 heteroatoms. The standard InChI is InChI=1S/C21H21N3O/c25-21(20-9-4-14-24(20)18-10-12-22-13-11-18)23-15-17-7-3-6-16-5-1-2-8-19(16)17/h1-3,5-8,10-13,20H,4,9,14-15H2,(H,23,25)/t20-/m0/s1. The number of carbonyl (C=O) groups excluding carboxylic acids is 1. The first kappa shape index (κ1) is 15.6. The molecule has 126 valence electrons. The molecule has 1 atom stereocenters. The zero-order chi connectivity index (χ0) is 17.1. The number of pyridine rings is 1. The summed E-state index contributed by atoms with van der Waals surface area (Å²) < 4.78 is 0. The number of rotatable bonds is 4. The van der Waals surface area contributed by atoms with Crippen molar-refractivity contribution in [3.8, 4) is 0 Å². The van der Waals surface area contributed by atoms with Crippen LogP contribution in [-0.2, 0) is 11.3 Å². The van der Waals surface area contributed by atoms with Gasteiger partial charge in [0, 0.05) is 31.2 Å². The number of anilines is 1. The molecule has 0 bridgehead atoms. The fourth-order valence-corrected chi connectivity index (χ4v) is 3.63. The van der Waals surface area contributed by atoms with Gasteiger partial charge in [-0.25, -0.2) is 0 Å². The van der Waals surface area contributed by atoms with E-state index in [9.17, 15) is 4.79 Å². The van der Waals surface area contributed by atoms with Crippen molar-refractivity contribution in [1.29, 1.82) is 0 Å². The van der Waals surface area contributed by atoms with Crippen LogP contribution in [0.15, 0.2) is 67.0 Å². The zero-order valence-electron chi connectivity index (χ0n) is 14.1. The molecule has 0 radical (unpaired) electrons. The molecule has 1 aromatic heterocycles. The van der Waals surface area contributed by atoms with Crippen molar-refractivity contribution in [2.75, 3.05) is 11.4 Å². The Kier molecular flexibility index (Phi) is 4.34. The molecule has 2 aromatic carbocycles. The quantitative estimate of drug-likeness (QED) is 0.795. The van der Waals surface area contributed by atoms with Crippen molar-refractivity contribution in [2.24, 2.45) is 0 Å². The lowest BCUT2D eigenvalue weighted by Gasteiger charge is -2.25. The molecule has 1 amide bonds. The van der Waals surface area contributed by atoms with E-state index in [1.54, 1.807) is 12.4 Å². The molecule has 1 aliphatic rings. The third-order valence-corrected chi connectivity index (χ3v) is 4.88. The van der Waals surface area contributed by atoms with Crippen molar-refractivity contribution < 1.29 is 4.79 Å². The Morgan fingerprint density at radius 1 is 1.08 bits per heavy atom. The third-order valence-electron chi connectivity index (χ3n) is 4.88. The molecule has 1 N–H and O–H groups in total. The van der Waals surface area contributed by atoms with Crippen molar-refractivity contribution in [1.82, 2.24) is 10.3 Å². The van der Waals surface area contributed by atoms with Gasteiger partial charge in [0.25, 0.3) is 0 Å². The van der Waals surface area contributed by atoms with E-state index in [0.29, 0.717) is 6.54 Å². The van der Waals surface area contributed by atoms with E-state index in [4.69, 9.17) is 0 Å². The van der Waals surface area contributed by atoms with Gasteiger partial charge in [0.1, 0.15) is 6.04 Å². The monoisotopic (exact) mass is 331 g/mol. The molecule has 0 saturated carbocycles. The van der Waals surface area contributed by atoms with Gasteiger partial charge in [-0.1, -0.05) is 42.5 Å². The highest BCUT2D eigenvalue weighted by atomic mass is 16.2. The zero-order valence-corrected chi connectivity index (χ0v) is 14.1. The lowest BCUT2D eigenvalue weighted by molar-refractivity contribution is -0.122. The number of hydrogen-bond donors (Lipinski definition) is 1. The van der Waals surface area contributed by atoms with Crippen molar-refractivity contribution >= 4 is 22.4 Å². The average Bonchev–Trinajstić information content (AvgIpc) is 3.17. The molecule has 3 aromatic rings. The van der Waals surface area contributed by atoms with Crippen LogP contribution in [0.2, 0.25) is 0 Å². The van der Waals surface area contributed by atoms with E-state index >= 15 is 0 Å². The summed E-state index contributed by atoms with van der Waals surface area (Å²) in [5, 5.41) is 5.54. The van der Waals surface area contributed by atoms with Gasteiger partial charge in [0.15, 0.2) is 0 Å². The van der Waals surface area contributed by atoms with Gasteiger partial charge in [-0.05, 0) is 41.3 Å². The molecular weight excluding hydrogens is 310 g/mol. The summed E-state index contributed by atoms with van der Waals surface area (Å²) >= 11 is 0. The maximum Gasteiger partial charge on any atom is 0.242 e. The second-order valence-electron chi connectivity index (χ2n) is 6.41. The van der Waals surface area contributed by atoms with E-state index in [1.165, 1.54) is 10.8 Å². The lowest BCUT2D eigenvalue weighted by atomic mass is 10.0. The van der Waals surface area contributed by atoms with Crippen molar-refractivity contribution in [2.45, 2.75) is 25.4 Å². The molecule has 0 aliphatic carbocycles. The van der Waals surface area contributed by atoms with Crippen LogP contribution in [0.25, 0.3) is 10.8 Å². The van der Waals surface area contributed by atoms with Gasteiger partial charge < -0.3 is 10.2 Å². The highest BCUT2D eigenvalue weighted by Crippen LogP contribution is 2.25. The number of benzene rings is 2. The summed E-state index contributed by atoms with van der Waals surface area (Å²) in [7, 11) is 0. The van der Waals surface area contributed by atoms with E-state index in [0.717, 1.165) is 30.6 Å². The first-order valence-corrected chi connectivity index (χ1v) is 8.74. The second-order valence-corrected chi connectivity index (χ2v) is 6.41. The predicted molar refractivity (Wildman–Crippen MR) is 100 cm³/mol. The maximum absolute atomic E-state index is 12.8. The Hall–Kier alpha value is -2.88. The first-order valence-electron chi connectivity index (χ1n) is 8.74. The highest BCUT2D eigenvalue weighted by Gasteiger charge is 2.30.